The van der Waals surface area contributed by atoms with Crippen LogP contribution in [0.25, 0.3) is 12.2 Å². The maximum atomic E-state index is 13.1. The van der Waals surface area contributed by atoms with Crippen LogP contribution in [0.4, 0.5) is 0 Å². The fraction of sp³-hybridized carbons (Fsp3) is 0.435. The van der Waals surface area contributed by atoms with Gasteiger partial charge in [-0.3, -0.25) is 14.2 Å². The van der Waals surface area contributed by atoms with Crippen molar-refractivity contribution in [1.82, 2.24) is 9.47 Å². The number of hydrogen-bond acceptors (Lipinski definition) is 5. The second-order valence-corrected chi connectivity index (χ2v) is 8.71. The minimum Gasteiger partial charge on any atom is -0.463 e. The summed E-state index contributed by atoms with van der Waals surface area (Å²) in [5.41, 5.74) is 1.86. The number of amides is 1. The van der Waals surface area contributed by atoms with Crippen molar-refractivity contribution >= 4 is 35.4 Å². The third kappa shape index (κ3) is 5.27. The number of nitrogens with zero attached hydrogens (tertiary/aromatic N) is 2. The number of benzene rings is 1. The van der Waals surface area contributed by atoms with E-state index in [2.05, 4.69) is 13.8 Å². The average molecular weight is 429 g/mol. The van der Waals surface area contributed by atoms with E-state index in [-0.39, 0.29) is 24.6 Å². The van der Waals surface area contributed by atoms with E-state index in [9.17, 15) is 14.4 Å². The first-order valence-corrected chi connectivity index (χ1v) is 11.2. The first kappa shape index (κ1) is 22.0. The van der Waals surface area contributed by atoms with Gasteiger partial charge in [-0.1, -0.05) is 38.1 Å². The molecule has 1 aromatic heterocycles. The van der Waals surface area contributed by atoms with Crippen molar-refractivity contribution in [1.29, 1.82) is 0 Å². The van der Waals surface area contributed by atoms with Crippen LogP contribution in [0.2, 0.25) is 0 Å². The zero-order chi connectivity index (χ0) is 21.7. The van der Waals surface area contributed by atoms with E-state index >= 15 is 0 Å². The highest BCUT2D eigenvalue weighted by atomic mass is 32.1. The van der Waals surface area contributed by atoms with E-state index in [1.807, 2.05) is 24.3 Å². The van der Waals surface area contributed by atoms with Crippen molar-refractivity contribution in [3.05, 3.63) is 54.9 Å². The highest BCUT2D eigenvalue weighted by Crippen LogP contribution is 2.14. The zero-order valence-corrected chi connectivity index (χ0v) is 18.5. The summed E-state index contributed by atoms with van der Waals surface area (Å²) in [5.74, 6) is -0.187. The molecule has 160 valence electrons. The van der Waals surface area contributed by atoms with Crippen molar-refractivity contribution in [2.75, 3.05) is 19.7 Å². The summed E-state index contributed by atoms with van der Waals surface area (Å²) in [5, 5.41) is 0. The second-order valence-electron chi connectivity index (χ2n) is 7.65. The molecule has 1 aromatic carbocycles. The molecule has 0 radical (unpaired) electrons. The van der Waals surface area contributed by atoms with Gasteiger partial charge in [0, 0.05) is 13.1 Å². The van der Waals surface area contributed by atoms with Crippen molar-refractivity contribution < 1.29 is 14.3 Å². The molecule has 1 aliphatic heterocycles. The monoisotopic (exact) mass is 428 g/mol. The average Bonchev–Trinajstić information content (AvgIpc) is 3.34. The van der Waals surface area contributed by atoms with Gasteiger partial charge < -0.3 is 9.64 Å². The molecule has 0 unspecified atom stereocenters. The molecule has 0 atom stereocenters. The van der Waals surface area contributed by atoms with Crippen molar-refractivity contribution in [3.8, 4) is 0 Å². The van der Waals surface area contributed by atoms with Crippen LogP contribution in [0.5, 0.6) is 0 Å². The van der Waals surface area contributed by atoms with E-state index in [4.69, 9.17) is 4.74 Å². The smallest absolute Gasteiger partial charge is 0.333 e. The van der Waals surface area contributed by atoms with E-state index < -0.39 is 5.97 Å². The zero-order valence-electron chi connectivity index (χ0n) is 17.7. The Kier molecular flexibility index (Phi) is 7.26. The third-order valence-electron chi connectivity index (χ3n) is 5.12. The number of esters is 1. The van der Waals surface area contributed by atoms with Crippen LogP contribution in [0.1, 0.15) is 50.7 Å². The number of likely N-dealkylation sites (tertiary alicyclic amines) is 1. The Morgan fingerprint density at radius 2 is 1.83 bits per heavy atom. The standard InChI is InChI=1S/C23H28N2O4S/c1-4-29-22(27)14-21-25(15-20(26)24-11-5-6-12-24)23(28)19(30-21)13-17-7-9-18(10-8-17)16(2)3/h7-10,13-14,16H,4-6,11-12,15H2,1-3H3/b19-13-,21-14-. The largest absolute Gasteiger partial charge is 0.463 e. The summed E-state index contributed by atoms with van der Waals surface area (Å²) < 4.78 is 7.30. The first-order valence-electron chi connectivity index (χ1n) is 10.4. The van der Waals surface area contributed by atoms with Crippen LogP contribution in [0, 0.1) is 0 Å². The summed E-state index contributed by atoms with van der Waals surface area (Å²) in [6, 6.07) is 8.04. The van der Waals surface area contributed by atoms with Crippen LogP contribution in [0.3, 0.4) is 0 Å². The Balaban J connectivity index is 2.01. The van der Waals surface area contributed by atoms with E-state index in [0.29, 0.717) is 15.1 Å². The third-order valence-corrected chi connectivity index (χ3v) is 6.18. The quantitative estimate of drug-likeness (QED) is 0.659. The van der Waals surface area contributed by atoms with E-state index in [0.717, 1.165) is 31.5 Å². The number of carbonyl (C=O) groups is 2. The molecule has 1 amide bonds. The summed E-state index contributed by atoms with van der Waals surface area (Å²) >= 11 is 1.20. The molecule has 0 spiro atoms. The van der Waals surface area contributed by atoms with Gasteiger partial charge in [0.15, 0.2) is 0 Å². The van der Waals surface area contributed by atoms with Gasteiger partial charge in [-0.25, -0.2) is 4.79 Å². The number of ether oxygens (including phenoxy) is 1. The molecule has 2 heterocycles. The predicted molar refractivity (Wildman–Crippen MR) is 119 cm³/mol. The normalized spacial score (nSPS) is 15.3. The Hall–Kier alpha value is -2.67. The Labute approximate surface area is 180 Å². The van der Waals surface area contributed by atoms with Gasteiger partial charge in [-0.15, -0.1) is 11.3 Å². The number of thiazole rings is 1. The van der Waals surface area contributed by atoms with Crippen LogP contribution in [-0.4, -0.2) is 41.0 Å². The van der Waals surface area contributed by atoms with Gasteiger partial charge in [-0.2, -0.15) is 0 Å². The summed E-state index contributed by atoms with van der Waals surface area (Å²) in [7, 11) is 0. The van der Waals surface area contributed by atoms with Gasteiger partial charge in [0.1, 0.15) is 11.2 Å². The number of carbonyl (C=O) groups excluding carboxylic acids is 2. The predicted octanol–water partition coefficient (Wildman–Crippen LogP) is 1.83. The molecular weight excluding hydrogens is 400 g/mol. The van der Waals surface area contributed by atoms with Crippen molar-refractivity contribution in [2.24, 2.45) is 0 Å². The van der Waals surface area contributed by atoms with Crippen molar-refractivity contribution in [2.45, 2.75) is 46.1 Å². The number of rotatable bonds is 6. The van der Waals surface area contributed by atoms with E-state index in [1.165, 1.54) is 27.5 Å². The maximum absolute atomic E-state index is 13.1. The van der Waals surface area contributed by atoms with Gasteiger partial charge in [0.2, 0.25) is 5.91 Å². The molecule has 2 aromatic rings. The Morgan fingerprint density at radius 1 is 1.17 bits per heavy atom. The van der Waals surface area contributed by atoms with Gasteiger partial charge >= 0.3 is 5.97 Å². The molecule has 0 N–H and O–H groups in total. The maximum Gasteiger partial charge on any atom is 0.333 e. The topological polar surface area (TPSA) is 68.6 Å². The van der Waals surface area contributed by atoms with E-state index in [1.54, 1.807) is 17.9 Å². The summed E-state index contributed by atoms with van der Waals surface area (Å²) in [6.07, 6.45) is 5.07. The molecule has 0 bridgehead atoms. The van der Waals surface area contributed by atoms with Gasteiger partial charge in [0.25, 0.3) is 5.56 Å². The second kappa shape index (κ2) is 9.89. The minimum absolute atomic E-state index is 0.0688. The number of hydrogen-bond donors (Lipinski definition) is 0. The van der Waals surface area contributed by atoms with Crippen LogP contribution < -0.4 is 14.8 Å². The highest BCUT2D eigenvalue weighted by molar-refractivity contribution is 7.07. The molecule has 1 aliphatic rings. The lowest BCUT2D eigenvalue weighted by Crippen LogP contribution is -2.39. The van der Waals surface area contributed by atoms with Crippen LogP contribution in [-0.2, 0) is 20.9 Å². The lowest BCUT2D eigenvalue weighted by molar-refractivity contribution is -0.135. The van der Waals surface area contributed by atoms with Gasteiger partial charge in [-0.05, 0) is 42.9 Å². The molecule has 3 rings (SSSR count). The molecule has 0 saturated carbocycles. The molecule has 30 heavy (non-hydrogen) atoms. The molecule has 1 fully saturated rings. The number of aromatic nitrogens is 1. The fourth-order valence-corrected chi connectivity index (χ4v) is 4.44. The Morgan fingerprint density at radius 3 is 2.43 bits per heavy atom. The van der Waals surface area contributed by atoms with Gasteiger partial charge in [0.05, 0.1) is 17.2 Å². The minimum atomic E-state index is -0.519. The molecular formula is C23H28N2O4S. The highest BCUT2D eigenvalue weighted by Gasteiger charge is 2.20. The first-order chi connectivity index (χ1) is 14.4. The summed E-state index contributed by atoms with van der Waals surface area (Å²) in [4.78, 5) is 39.5. The molecule has 6 nitrogen and oxygen atoms in total. The SMILES string of the molecule is CCOC(=O)/C=c1\s/c(=C\c2ccc(C(C)C)cc2)c(=O)n1CC(=O)N1CCCC1. The van der Waals surface area contributed by atoms with Crippen LogP contribution >= 0.6 is 11.3 Å². The summed E-state index contributed by atoms with van der Waals surface area (Å²) in [6.45, 7) is 7.60. The lowest BCUT2D eigenvalue weighted by Gasteiger charge is -2.15. The molecule has 0 aliphatic carbocycles. The van der Waals surface area contributed by atoms with Crippen molar-refractivity contribution in [3.63, 3.8) is 0 Å². The molecule has 7 heteroatoms. The fourth-order valence-electron chi connectivity index (χ4n) is 3.41. The lowest BCUT2D eigenvalue weighted by atomic mass is 10.0. The molecule has 1 saturated heterocycles. The Bertz CT molecular complexity index is 1070. The van der Waals surface area contributed by atoms with Crippen LogP contribution in [0.15, 0.2) is 29.1 Å².